The average molecular weight is 344 g/mol. The molecular formula is C20H16N4O2. The van der Waals surface area contributed by atoms with Crippen LogP contribution in [-0.2, 0) is 6.54 Å². The van der Waals surface area contributed by atoms with Crippen LogP contribution < -0.4 is 5.32 Å². The summed E-state index contributed by atoms with van der Waals surface area (Å²) in [5, 5.41) is 14.3. The van der Waals surface area contributed by atoms with Crippen LogP contribution in [0, 0.1) is 10.1 Å². The molecule has 0 amide bonds. The van der Waals surface area contributed by atoms with Gasteiger partial charge in [-0.3, -0.25) is 14.5 Å². The topological polar surface area (TPSA) is 72.5 Å². The van der Waals surface area contributed by atoms with Crippen LogP contribution in [0.25, 0.3) is 16.9 Å². The van der Waals surface area contributed by atoms with E-state index in [4.69, 9.17) is 4.98 Å². The van der Waals surface area contributed by atoms with Gasteiger partial charge in [-0.1, -0.05) is 36.4 Å². The van der Waals surface area contributed by atoms with Crippen molar-refractivity contribution in [3.05, 3.63) is 94.7 Å². The van der Waals surface area contributed by atoms with E-state index >= 15 is 0 Å². The molecular weight excluding hydrogens is 328 g/mol. The summed E-state index contributed by atoms with van der Waals surface area (Å²) in [6, 6.07) is 22.4. The Balaban J connectivity index is 1.75. The van der Waals surface area contributed by atoms with Crippen LogP contribution in [0.2, 0.25) is 0 Å². The van der Waals surface area contributed by atoms with Crippen molar-refractivity contribution in [2.75, 3.05) is 5.32 Å². The molecule has 6 heteroatoms. The van der Waals surface area contributed by atoms with Gasteiger partial charge in [-0.25, -0.2) is 4.98 Å². The highest BCUT2D eigenvalue weighted by Crippen LogP contribution is 2.30. The Hall–Kier alpha value is -3.67. The molecule has 1 N–H and O–H groups in total. The molecule has 0 saturated heterocycles. The lowest BCUT2D eigenvalue weighted by molar-refractivity contribution is -0.384. The molecule has 0 saturated carbocycles. The van der Waals surface area contributed by atoms with Crippen molar-refractivity contribution in [3.8, 4) is 11.3 Å². The molecule has 0 bridgehead atoms. The molecule has 26 heavy (non-hydrogen) atoms. The molecule has 2 heterocycles. The van der Waals surface area contributed by atoms with Crippen molar-refractivity contribution in [1.82, 2.24) is 9.38 Å². The Morgan fingerprint density at radius 1 is 0.962 bits per heavy atom. The highest BCUT2D eigenvalue weighted by atomic mass is 16.6. The number of nitro benzene ring substituents is 1. The van der Waals surface area contributed by atoms with Gasteiger partial charge in [0.2, 0.25) is 0 Å². The molecule has 4 rings (SSSR count). The Kier molecular flexibility index (Phi) is 4.07. The number of hydrogen-bond acceptors (Lipinski definition) is 4. The molecule has 0 aliphatic heterocycles. The van der Waals surface area contributed by atoms with E-state index in [9.17, 15) is 10.1 Å². The number of pyridine rings is 1. The van der Waals surface area contributed by atoms with Gasteiger partial charge in [0.25, 0.3) is 5.69 Å². The summed E-state index contributed by atoms with van der Waals surface area (Å²) in [4.78, 5) is 15.2. The standard InChI is InChI=1S/C20H16N4O2/c25-24(26)17-11-9-16(10-12-17)19-20(21-14-15-6-2-1-3-7-15)23-13-5-4-8-18(23)22-19/h1-13,21H,14H2. The monoisotopic (exact) mass is 344 g/mol. The highest BCUT2D eigenvalue weighted by molar-refractivity contribution is 5.77. The first-order valence-corrected chi connectivity index (χ1v) is 8.22. The van der Waals surface area contributed by atoms with Gasteiger partial charge in [0.1, 0.15) is 17.2 Å². The molecule has 2 aromatic heterocycles. The van der Waals surface area contributed by atoms with Crippen LogP contribution in [0.4, 0.5) is 11.5 Å². The van der Waals surface area contributed by atoms with Crippen LogP contribution in [0.3, 0.4) is 0 Å². The number of fused-ring (bicyclic) bond motifs is 1. The summed E-state index contributed by atoms with van der Waals surface area (Å²) in [6.07, 6.45) is 1.95. The van der Waals surface area contributed by atoms with E-state index in [0.29, 0.717) is 6.54 Å². The van der Waals surface area contributed by atoms with E-state index in [2.05, 4.69) is 17.4 Å². The number of benzene rings is 2. The maximum Gasteiger partial charge on any atom is 0.269 e. The lowest BCUT2D eigenvalue weighted by Gasteiger charge is -2.09. The number of rotatable bonds is 5. The zero-order chi connectivity index (χ0) is 17.9. The quantitative estimate of drug-likeness (QED) is 0.427. The number of nitro groups is 1. The predicted molar refractivity (Wildman–Crippen MR) is 101 cm³/mol. The van der Waals surface area contributed by atoms with E-state index in [-0.39, 0.29) is 5.69 Å². The number of imidazole rings is 1. The van der Waals surface area contributed by atoms with Gasteiger partial charge in [-0.05, 0) is 29.8 Å². The third-order valence-electron chi connectivity index (χ3n) is 4.18. The van der Waals surface area contributed by atoms with Crippen LogP contribution in [0.5, 0.6) is 0 Å². The number of hydrogen-bond donors (Lipinski definition) is 1. The Labute approximate surface area is 149 Å². The first kappa shape index (κ1) is 15.8. The lowest BCUT2D eigenvalue weighted by Crippen LogP contribution is -2.03. The van der Waals surface area contributed by atoms with Crippen molar-refractivity contribution >= 4 is 17.2 Å². The number of nitrogens with one attached hydrogen (secondary N) is 1. The zero-order valence-electron chi connectivity index (χ0n) is 13.9. The van der Waals surface area contributed by atoms with Crippen LogP contribution in [-0.4, -0.2) is 14.3 Å². The second-order valence-electron chi connectivity index (χ2n) is 5.88. The first-order chi connectivity index (χ1) is 12.7. The van der Waals surface area contributed by atoms with Gasteiger partial charge < -0.3 is 5.32 Å². The number of anilines is 1. The minimum atomic E-state index is -0.401. The van der Waals surface area contributed by atoms with Crippen molar-refractivity contribution in [2.24, 2.45) is 0 Å². The third kappa shape index (κ3) is 3.00. The maximum absolute atomic E-state index is 10.9. The van der Waals surface area contributed by atoms with Crippen molar-refractivity contribution in [3.63, 3.8) is 0 Å². The van der Waals surface area contributed by atoms with E-state index < -0.39 is 4.92 Å². The van der Waals surface area contributed by atoms with Gasteiger partial charge in [-0.15, -0.1) is 0 Å². The molecule has 0 aliphatic carbocycles. The SMILES string of the molecule is O=[N+]([O-])c1ccc(-c2nc3ccccn3c2NCc2ccccc2)cc1. The number of aromatic nitrogens is 2. The lowest BCUT2D eigenvalue weighted by atomic mass is 10.1. The molecule has 0 fully saturated rings. The van der Waals surface area contributed by atoms with Gasteiger partial charge in [-0.2, -0.15) is 0 Å². The fourth-order valence-corrected chi connectivity index (χ4v) is 2.89. The van der Waals surface area contributed by atoms with Crippen LogP contribution >= 0.6 is 0 Å². The molecule has 128 valence electrons. The van der Waals surface area contributed by atoms with Crippen molar-refractivity contribution in [1.29, 1.82) is 0 Å². The van der Waals surface area contributed by atoms with E-state index in [1.165, 1.54) is 12.1 Å². The molecule has 0 atom stereocenters. The third-order valence-corrected chi connectivity index (χ3v) is 4.18. The minimum absolute atomic E-state index is 0.0660. The van der Waals surface area contributed by atoms with Crippen LogP contribution in [0.1, 0.15) is 5.56 Å². The van der Waals surface area contributed by atoms with E-state index in [1.807, 2.05) is 47.0 Å². The van der Waals surface area contributed by atoms with E-state index in [1.54, 1.807) is 12.1 Å². The summed E-state index contributed by atoms with van der Waals surface area (Å²) < 4.78 is 1.99. The zero-order valence-corrected chi connectivity index (χ0v) is 13.9. The van der Waals surface area contributed by atoms with Gasteiger partial charge in [0.05, 0.1) is 4.92 Å². The summed E-state index contributed by atoms with van der Waals surface area (Å²) >= 11 is 0. The fourth-order valence-electron chi connectivity index (χ4n) is 2.89. The second kappa shape index (κ2) is 6.68. The Morgan fingerprint density at radius 2 is 1.69 bits per heavy atom. The first-order valence-electron chi connectivity index (χ1n) is 8.22. The second-order valence-corrected chi connectivity index (χ2v) is 5.88. The molecule has 6 nitrogen and oxygen atoms in total. The van der Waals surface area contributed by atoms with Crippen molar-refractivity contribution < 1.29 is 4.92 Å². The summed E-state index contributed by atoms with van der Waals surface area (Å²) in [5.41, 5.74) is 3.64. The molecule has 0 radical (unpaired) electrons. The van der Waals surface area contributed by atoms with Gasteiger partial charge in [0.15, 0.2) is 0 Å². The Morgan fingerprint density at radius 3 is 2.42 bits per heavy atom. The maximum atomic E-state index is 10.9. The molecule has 0 spiro atoms. The number of non-ortho nitro benzene ring substituents is 1. The largest absolute Gasteiger partial charge is 0.365 e. The average Bonchev–Trinajstić information content (AvgIpc) is 3.06. The molecule has 0 aliphatic rings. The molecule has 0 unspecified atom stereocenters. The summed E-state index contributed by atoms with van der Waals surface area (Å²) in [7, 11) is 0. The smallest absolute Gasteiger partial charge is 0.269 e. The summed E-state index contributed by atoms with van der Waals surface area (Å²) in [6.45, 7) is 0.656. The van der Waals surface area contributed by atoms with E-state index in [0.717, 1.165) is 28.3 Å². The number of nitrogens with zero attached hydrogens (tertiary/aromatic N) is 3. The van der Waals surface area contributed by atoms with Gasteiger partial charge >= 0.3 is 0 Å². The van der Waals surface area contributed by atoms with Crippen LogP contribution in [0.15, 0.2) is 79.0 Å². The van der Waals surface area contributed by atoms with Gasteiger partial charge in [0, 0.05) is 30.4 Å². The highest BCUT2D eigenvalue weighted by Gasteiger charge is 2.15. The minimum Gasteiger partial charge on any atom is -0.365 e. The molecule has 2 aromatic carbocycles. The Bertz CT molecular complexity index is 1060. The normalized spacial score (nSPS) is 10.8. The molecule has 4 aromatic rings. The summed E-state index contributed by atoms with van der Waals surface area (Å²) in [5.74, 6) is 0.860. The predicted octanol–water partition coefficient (Wildman–Crippen LogP) is 4.52. The van der Waals surface area contributed by atoms with Crippen molar-refractivity contribution in [2.45, 2.75) is 6.54 Å². The fraction of sp³-hybridized carbons (Fsp3) is 0.0500.